The Bertz CT molecular complexity index is 533. The fourth-order valence-corrected chi connectivity index (χ4v) is 3.60. The molecule has 0 bridgehead atoms. The largest absolute Gasteiger partial charge is 0.376 e. The second-order valence-electron chi connectivity index (χ2n) is 4.70. The first-order chi connectivity index (χ1) is 8.75. The zero-order chi connectivity index (χ0) is 14.6. The van der Waals surface area contributed by atoms with Crippen LogP contribution in [0.4, 0.5) is 11.4 Å². The second kappa shape index (κ2) is 6.68. The van der Waals surface area contributed by atoms with Gasteiger partial charge in [-0.25, -0.2) is 8.42 Å². The first-order valence-electron chi connectivity index (χ1n) is 5.78. The highest BCUT2D eigenvalue weighted by Gasteiger charge is 2.15. The van der Waals surface area contributed by atoms with Crippen molar-refractivity contribution in [1.82, 2.24) is 0 Å². The number of anilines is 2. The Morgan fingerprint density at radius 2 is 2.00 bits per heavy atom. The second-order valence-corrected chi connectivity index (χ2v) is 7.19. The standard InChI is InChI=1S/C12H18Cl2N2O2S/c1-9(7-13)8-19(17,18)15-10-4-5-12(16(2)3)11(14)6-10/h4-6,9,15H,7-8H2,1-3H3. The number of benzene rings is 1. The average Bonchev–Trinajstić information content (AvgIpc) is 2.26. The van der Waals surface area contributed by atoms with Crippen molar-refractivity contribution in [2.45, 2.75) is 6.92 Å². The lowest BCUT2D eigenvalue weighted by Crippen LogP contribution is -2.22. The van der Waals surface area contributed by atoms with Gasteiger partial charge in [-0.15, -0.1) is 11.6 Å². The van der Waals surface area contributed by atoms with Gasteiger partial charge in [0.05, 0.1) is 22.2 Å². The molecule has 0 saturated carbocycles. The van der Waals surface area contributed by atoms with E-state index in [2.05, 4.69) is 4.72 Å². The Morgan fingerprint density at radius 3 is 2.47 bits per heavy atom. The summed E-state index contributed by atoms with van der Waals surface area (Å²) in [4.78, 5) is 1.86. The van der Waals surface area contributed by atoms with Crippen LogP contribution in [0.3, 0.4) is 0 Å². The Balaban J connectivity index is 2.86. The topological polar surface area (TPSA) is 49.4 Å². The van der Waals surface area contributed by atoms with E-state index in [0.29, 0.717) is 16.6 Å². The summed E-state index contributed by atoms with van der Waals surface area (Å²) in [7, 11) is 0.334. The highest BCUT2D eigenvalue weighted by atomic mass is 35.5. The third-order valence-electron chi connectivity index (χ3n) is 2.47. The van der Waals surface area contributed by atoms with Crippen molar-refractivity contribution in [3.8, 4) is 0 Å². The van der Waals surface area contributed by atoms with E-state index >= 15 is 0 Å². The number of rotatable bonds is 6. The molecule has 0 spiro atoms. The van der Waals surface area contributed by atoms with E-state index < -0.39 is 10.0 Å². The van der Waals surface area contributed by atoms with Gasteiger partial charge in [-0.1, -0.05) is 18.5 Å². The summed E-state index contributed by atoms with van der Waals surface area (Å²) in [6, 6.07) is 5.05. The Hall–Kier alpha value is -0.650. The minimum absolute atomic E-state index is 0.0104. The zero-order valence-electron chi connectivity index (χ0n) is 11.2. The number of alkyl halides is 1. The minimum atomic E-state index is -3.40. The summed E-state index contributed by atoms with van der Waals surface area (Å²) < 4.78 is 26.3. The van der Waals surface area contributed by atoms with E-state index in [1.807, 2.05) is 19.0 Å². The molecule has 0 heterocycles. The maximum atomic E-state index is 11.9. The van der Waals surface area contributed by atoms with Crippen LogP contribution in [0.2, 0.25) is 5.02 Å². The van der Waals surface area contributed by atoms with Crippen LogP contribution >= 0.6 is 23.2 Å². The lowest BCUT2D eigenvalue weighted by Gasteiger charge is -2.16. The van der Waals surface area contributed by atoms with Crippen LogP contribution in [-0.2, 0) is 10.0 Å². The number of sulfonamides is 1. The molecular weight excluding hydrogens is 307 g/mol. The zero-order valence-corrected chi connectivity index (χ0v) is 13.5. The molecule has 0 aliphatic heterocycles. The summed E-state index contributed by atoms with van der Waals surface area (Å²) in [5.74, 6) is 0.195. The van der Waals surface area contributed by atoms with Gasteiger partial charge in [-0.2, -0.15) is 0 Å². The van der Waals surface area contributed by atoms with Crippen LogP contribution in [0.25, 0.3) is 0 Å². The predicted molar refractivity (Wildman–Crippen MR) is 83.1 cm³/mol. The van der Waals surface area contributed by atoms with E-state index in [1.165, 1.54) is 0 Å². The van der Waals surface area contributed by atoms with Crippen molar-refractivity contribution in [2.75, 3.05) is 35.4 Å². The van der Waals surface area contributed by atoms with E-state index in [1.54, 1.807) is 25.1 Å². The molecule has 108 valence electrons. The van der Waals surface area contributed by atoms with Gasteiger partial charge in [0.1, 0.15) is 0 Å². The van der Waals surface area contributed by atoms with E-state index in [4.69, 9.17) is 23.2 Å². The van der Waals surface area contributed by atoms with Crippen molar-refractivity contribution < 1.29 is 8.42 Å². The number of halogens is 2. The number of nitrogens with one attached hydrogen (secondary N) is 1. The molecule has 0 aliphatic carbocycles. The van der Waals surface area contributed by atoms with Gasteiger partial charge in [-0.3, -0.25) is 4.72 Å². The van der Waals surface area contributed by atoms with Crippen molar-refractivity contribution in [2.24, 2.45) is 5.92 Å². The lowest BCUT2D eigenvalue weighted by molar-refractivity contribution is 0.588. The summed E-state index contributed by atoms with van der Waals surface area (Å²) in [5, 5.41) is 0.496. The van der Waals surface area contributed by atoms with Gasteiger partial charge in [0, 0.05) is 20.0 Å². The van der Waals surface area contributed by atoms with Gasteiger partial charge in [0.15, 0.2) is 0 Å². The van der Waals surface area contributed by atoms with Gasteiger partial charge in [0.2, 0.25) is 10.0 Å². The third kappa shape index (κ3) is 5.09. The smallest absolute Gasteiger partial charge is 0.233 e. The SMILES string of the molecule is CC(CCl)CS(=O)(=O)Nc1ccc(N(C)C)c(Cl)c1. The fraction of sp³-hybridized carbons (Fsp3) is 0.500. The molecule has 19 heavy (non-hydrogen) atoms. The molecule has 0 fully saturated rings. The quantitative estimate of drug-likeness (QED) is 0.818. The summed E-state index contributed by atoms with van der Waals surface area (Å²) in [5.41, 5.74) is 1.29. The number of hydrogen-bond donors (Lipinski definition) is 1. The number of nitrogens with zero attached hydrogens (tertiary/aromatic N) is 1. The molecule has 0 aliphatic rings. The average molecular weight is 325 g/mol. The molecule has 0 radical (unpaired) electrons. The molecule has 1 atom stereocenters. The van der Waals surface area contributed by atoms with Crippen molar-refractivity contribution >= 4 is 44.6 Å². The van der Waals surface area contributed by atoms with Crippen molar-refractivity contribution in [3.05, 3.63) is 23.2 Å². The van der Waals surface area contributed by atoms with E-state index in [-0.39, 0.29) is 11.7 Å². The summed E-state index contributed by atoms with van der Waals surface area (Å²) in [6.07, 6.45) is 0. The van der Waals surface area contributed by atoms with Crippen LogP contribution in [0.1, 0.15) is 6.92 Å². The van der Waals surface area contributed by atoms with Crippen LogP contribution in [-0.4, -0.2) is 34.1 Å². The summed E-state index contributed by atoms with van der Waals surface area (Å²) >= 11 is 11.7. The first-order valence-corrected chi connectivity index (χ1v) is 8.35. The maximum absolute atomic E-state index is 11.9. The fourth-order valence-electron chi connectivity index (χ4n) is 1.57. The molecule has 1 aromatic rings. The molecule has 1 rings (SSSR count). The van der Waals surface area contributed by atoms with Crippen LogP contribution in [0.15, 0.2) is 18.2 Å². The normalized spacial score (nSPS) is 13.1. The molecular formula is C12H18Cl2N2O2S. The Kier molecular flexibility index (Phi) is 5.77. The highest BCUT2D eigenvalue weighted by Crippen LogP contribution is 2.27. The van der Waals surface area contributed by atoms with Gasteiger partial charge < -0.3 is 4.90 Å². The molecule has 7 heteroatoms. The summed E-state index contributed by atoms with van der Waals surface area (Å²) in [6.45, 7) is 1.79. The Labute approximate surface area is 124 Å². The maximum Gasteiger partial charge on any atom is 0.233 e. The third-order valence-corrected chi connectivity index (χ3v) is 4.85. The lowest BCUT2D eigenvalue weighted by atomic mass is 10.3. The molecule has 0 amide bonds. The van der Waals surface area contributed by atoms with Gasteiger partial charge in [0.25, 0.3) is 0 Å². The van der Waals surface area contributed by atoms with Crippen LogP contribution in [0.5, 0.6) is 0 Å². The van der Waals surface area contributed by atoms with Crippen LogP contribution < -0.4 is 9.62 Å². The minimum Gasteiger partial charge on any atom is -0.376 e. The van der Waals surface area contributed by atoms with Crippen molar-refractivity contribution in [3.63, 3.8) is 0 Å². The molecule has 0 aromatic heterocycles. The van der Waals surface area contributed by atoms with E-state index in [0.717, 1.165) is 5.69 Å². The molecule has 4 nitrogen and oxygen atoms in total. The van der Waals surface area contributed by atoms with Gasteiger partial charge in [-0.05, 0) is 24.1 Å². The monoisotopic (exact) mass is 324 g/mol. The number of hydrogen-bond acceptors (Lipinski definition) is 3. The molecule has 0 saturated heterocycles. The predicted octanol–water partition coefficient (Wildman–Crippen LogP) is 3.02. The van der Waals surface area contributed by atoms with E-state index in [9.17, 15) is 8.42 Å². The Morgan fingerprint density at radius 1 is 1.37 bits per heavy atom. The molecule has 1 N–H and O–H groups in total. The van der Waals surface area contributed by atoms with Gasteiger partial charge >= 0.3 is 0 Å². The first kappa shape index (κ1) is 16.4. The van der Waals surface area contributed by atoms with Crippen LogP contribution in [0, 0.1) is 5.92 Å². The highest BCUT2D eigenvalue weighted by molar-refractivity contribution is 7.92. The van der Waals surface area contributed by atoms with Crippen molar-refractivity contribution in [1.29, 1.82) is 0 Å². The molecule has 1 aromatic carbocycles. The molecule has 1 unspecified atom stereocenters.